The number of thioether (sulfide) groups is 1. The maximum atomic E-state index is 14.4. The van der Waals surface area contributed by atoms with Gasteiger partial charge >= 0.3 is 0 Å². The van der Waals surface area contributed by atoms with Gasteiger partial charge in [-0.1, -0.05) is 72.3 Å². The summed E-state index contributed by atoms with van der Waals surface area (Å²) in [4.78, 5) is 30.3. The van der Waals surface area contributed by atoms with Gasteiger partial charge in [-0.3, -0.25) is 13.9 Å². The molecule has 1 atom stereocenters. The average molecular weight is 616 g/mol. The Morgan fingerprint density at radius 2 is 1.47 bits per heavy atom. The number of hydrogen-bond donors (Lipinski definition) is 1. The smallest absolute Gasteiger partial charge is 0.264 e. The summed E-state index contributed by atoms with van der Waals surface area (Å²) in [6.45, 7) is 3.52. The van der Waals surface area contributed by atoms with Crippen molar-refractivity contribution in [3.05, 3.63) is 125 Å². The Kier molecular flexibility index (Phi) is 10.7. The van der Waals surface area contributed by atoms with Gasteiger partial charge in [0.05, 0.1) is 10.6 Å². The number of carbonyl (C=O) groups excluding carboxylic acids is 2. The predicted molar refractivity (Wildman–Crippen MR) is 174 cm³/mol. The lowest BCUT2D eigenvalue weighted by Crippen LogP contribution is -2.53. The molecule has 1 N–H and O–H groups in total. The van der Waals surface area contributed by atoms with Crippen LogP contribution in [0.25, 0.3) is 0 Å². The molecule has 4 aromatic carbocycles. The lowest BCUT2D eigenvalue weighted by atomic mass is 10.0. The van der Waals surface area contributed by atoms with Crippen LogP contribution in [0.5, 0.6) is 0 Å². The Labute approximate surface area is 259 Å². The zero-order valence-electron chi connectivity index (χ0n) is 24.9. The van der Waals surface area contributed by atoms with Crippen LogP contribution in [0.3, 0.4) is 0 Å². The van der Waals surface area contributed by atoms with Crippen molar-refractivity contribution in [3.63, 3.8) is 0 Å². The topological polar surface area (TPSA) is 86.8 Å². The normalized spacial score (nSPS) is 11.9. The zero-order valence-corrected chi connectivity index (χ0v) is 26.5. The number of rotatable bonds is 12. The molecule has 0 heterocycles. The van der Waals surface area contributed by atoms with Gasteiger partial charge in [0.25, 0.3) is 10.0 Å². The van der Waals surface area contributed by atoms with Gasteiger partial charge in [0, 0.05) is 24.9 Å². The van der Waals surface area contributed by atoms with E-state index in [2.05, 4.69) is 5.32 Å². The lowest BCUT2D eigenvalue weighted by Gasteiger charge is -2.34. The molecule has 224 valence electrons. The number of nitrogens with zero attached hydrogens (tertiary/aromatic N) is 2. The molecular weight excluding hydrogens is 579 g/mol. The third-order valence-electron chi connectivity index (χ3n) is 7.37. The fourth-order valence-corrected chi connectivity index (χ4v) is 6.63. The summed E-state index contributed by atoms with van der Waals surface area (Å²) < 4.78 is 29.4. The lowest BCUT2D eigenvalue weighted by molar-refractivity contribution is -0.139. The number of likely N-dealkylation sites (N-methyl/N-ethyl adjacent to an activating group) is 1. The largest absolute Gasteiger partial charge is 0.357 e. The van der Waals surface area contributed by atoms with Crippen molar-refractivity contribution in [2.24, 2.45) is 0 Å². The van der Waals surface area contributed by atoms with E-state index in [4.69, 9.17) is 0 Å². The van der Waals surface area contributed by atoms with Crippen molar-refractivity contribution >= 4 is 39.3 Å². The highest BCUT2D eigenvalue weighted by atomic mass is 32.2. The molecule has 0 radical (unpaired) electrons. The fraction of sp³-hybridized carbons (Fsp3) is 0.235. The quantitative estimate of drug-likeness (QED) is 0.210. The van der Waals surface area contributed by atoms with Crippen molar-refractivity contribution in [1.82, 2.24) is 10.2 Å². The summed E-state index contributed by atoms with van der Waals surface area (Å²) >= 11 is 1.51. The molecule has 4 aromatic rings. The number of anilines is 1. The molecule has 43 heavy (non-hydrogen) atoms. The third-order valence-corrected chi connectivity index (χ3v) is 9.90. The Hall–Kier alpha value is -4.08. The van der Waals surface area contributed by atoms with Gasteiger partial charge in [-0.15, -0.1) is 11.8 Å². The summed E-state index contributed by atoms with van der Waals surface area (Å²) in [6, 6.07) is 29.9. The number of sulfonamides is 1. The van der Waals surface area contributed by atoms with Crippen molar-refractivity contribution in [3.8, 4) is 0 Å². The van der Waals surface area contributed by atoms with Crippen LogP contribution in [-0.4, -0.2) is 51.0 Å². The van der Waals surface area contributed by atoms with Gasteiger partial charge in [0.2, 0.25) is 11.8 Å². The second kappa shape index (κ2) is 14.4. The molecule has 0 unspecified atom stereocenters. The first-order valence-corrected chi connectivity index (χ1v) is 16.6. The van der Waals surface area contributed by atoms with E-state index < -0.39 is 28.5 Å². The standard InChI is InChI=1S/C34H37N3O4S2/c1-25-14-16-29(17-15-25)37(43(40,41)31-20-18-30(42-4)19-21-31)24-33(38)36(23-28-13-9-8-10-26(28)2)32(34(39)35-3)22-27-11-6-5-7-12-27/h5-21,32H,22-24H2,1-4H3,(H,35,39)/t32-/m0/s1. The SMILES string of the molecule is CNC(=O)[C@H](Cc1ccccc1)N(Cc1ccccc1C)C(=O)CN(c1ccc(C)cc1)S(=O)(=O)c1ccc(SC)cc1. The molecule has 4 rings (SSSR count). The molecule has 0 aliphatic carbocycles. The third kappa shape index (κ3) is 7.86. The van der Waals surface area contributed by atoms with Crippen molar-refractivity contribution in [2.75, 3.05) is 24.2 Å². The molecule has 0 fully saturated rings. The summed E-state index contributed by atoms with van der Waals surface area (Å²) in [5.74, 6) is -0.819. The maximum absolute atomic E-state index is 14.4. The second-order valence-electron chi connectivity index (χ2n) is 10.3. The number of aryl methyl sites for hydroxylation is 2. The Balaban J connectivity index is 1.79. The number of nitrogens with one attached hydrogen (secondary N) is 1. The number of amides is 2. The van der Waals surface area contributed by atoms with Gasteiger partial charge in [0.15, 0.2) is 0 Å². The van der Waals surface area contributed by atoms with E-state index in [0.29, 0.717) is 5.69 Å². The number of carbonyl (C=O) groups is 2. The van der Waals surface area contributed by atoms with Gasteiger partial charge in [-0.05, 0) is 73.2 Å². The van der Waals surface area contributed by atoms with E-state index in [1.54, 1.807) is 36.4 Å². The molecule has 2 amide bonds. The molecule has 0 spiro atoms. The molecule has 0 aliphatic heterocycles. The van der Waals surface area contributed by atoms with Gasteiger partial charge < -0.3 is 10.2 Å². The van der Waals surface area contributed by atoms with Crippen LogP contribution < -0.4 is 9.62 Å². The van der Waals surface area contributed by atoms with Gasteiger partial charge in [0.1, 0.15) is 12.6 Å². The Morgan fingerprint density at radius 3 is 2.07 bits per heavy atom. The van der Waals surface area contributed by atoms with Crippen LogP contribution in [0.4, 0.5) is 5.69 Å². The summed E-state index contributed by atoms with van der Waals surface area (Å²) in [6.07, 6.45) is 2.19. The zero-order chi connectivity index (χ0) is 31.0. The minimum atomic E-state index is -4.14. The van der Waals surface area contributed by atoms with Crippen LogP contribution in [0.15, 0.2) is 113 Å². The Morgan fingerprint density at radius 1 is 0.837 bits per heavy atom. The van der Waals surface area contributed by atoms with E-state index in [0.717, 1.165) is 31.5 Å². The molecule has 0 saturated carbocycles. The predicted octanol–water partition coefficient (Wildman–Crippen LogP) is 5.61. The van der Waals surface area contributed by atoms with Crippen molar-refractivity contribution in [2.45, 2.75) is 42.6 Å². The Bertz CT molecular complexity index is 1640. The first kappa shape index (κ1) is 31.8. The average Bonchev–Trinajstić information content (AvgIpc) is 3.02. The number of hydrogen-bond acceptors (Lipinski definition) is 5. The first-order chi connectivity index (χ1) is 20.6. The first-order valence-electron chi connectivity index (χ1n) is 14.0. The van der Waals surface area contributed by atoms with Crippen LogP contribution in [0.1, 0.15) is 22.3 Å². The second-order valence-corrected chi connectivity index (χ2v) is 13.0. The van der Waals surface area contributed by atoms with E-state index in [1.165, 1.54) is 23.7 Å². The molecule has 0 saturated heterocycles. The maximum Gasteiger partial charge on any atom is 0.264 e. The highest BCUT2D eigenvalue weighted by Gasteiger charge is 2.34. The minimum absolute atomic E-state index is 0.0799. The van der Waals surface area contributed by atoms with E-state index in [1.807, 2.05) is 86.8 Å². The molecule has 7 nitrogen and oxygen atoms in total. The minimum Gasteiger partial charge on any atom is -0.357 e. The summed E-state index contributed by atoms with van der Waals surface area (Å²) in [7, 11) is -2.60. The molecule has 9 heteroatoms. The van der Waals surface area contributed by atoms with E-state index in [9.17, 15) is 18.0 Å². The summed E-state index contributed by atoms with van der Waals surface area (Å²) in [5, 5.41) is 2.71. The molecule has 0 aromatic heterocycles. The molecular formula is C34H37N3O4S2. The van der Waals surface area contributed by atoms with Crippen LogP contribution in [-0.2, 0) is 32.6 Å². The highest BCUT2D eigenvalue weighted by molar-refractivity contribution is 7.98. The van der Waals surface area contributed by atoms with E-state index in [-0.39, 0.29) is 23.8 Å². The van der Waals surface area contributed by atoms with Crippen molar-refractivity contribution < 1.29 is 18.0 Å². The fourth-order valence-electron chi connectivity index (χ4n) is 4.81. The molecule has 0 aliphatic rings. The summed E-state index contributed by atoms with van der Waals surface area (Å²) in [5.41, 5.74) is 4.04. The molecule has 0 bridgehead atoms. The van der Waals surface area contributed by atoms with Crippen LogP contribution in [0.2, 0.25) is 0 Å². The number of benzene rings is 4. The monoisotopic (exact) mass is 615 g/mol. The van der Waals surface area contributed by atoms with Crippen LogP contribution >= 0.6 is 11.8 Å². The van der Waals surface area contributed by atoms with E-state index >= 15 is 0 Å². The van der Waals surface area contributed by atoms with Crippen molar-refractivity contribution in [1.29, 1.82) is 0 Å². The van der Waals surface area contributed by atoms with Crippen LogP contribution in [0, 0.1) is 13.8 Å². The highest BCUT2D eigenvalue weighted by Crippen LogP contribution is 2.27. The van der Waals surface area contributed by atoms with Gasteiger partial charge in [-0.25, -0.2) is 8.42 Å². The van der Waals surface area contributed by atoms with Gasteiger partial charge in [-0.2, -0.15) is 0 Å².